The van der Waals surface area contributed by atoms with E-state index in [0.717, 1.165) is 25.8 Å². The SMILES string of the molecule is CCCNC(CCCS(=O)(=O)CC)c1ccc(CC)cc1. The molecule has 21 heavy (non-hydrogen) atoms. The van der Waals surface area contributed by atoms with Crippen molar-refractivity contribution >= 4 is 9.84 Å². The zero-order chi connectivity index (χ0) is 15.7. The highest BCUT2D eigenvalue weighted by Gasteiger charge is 2.13. The van der Waals surface area contributed by atoms with Crippen LogP contribution in [0.15, 0.2) is 24.3 Å². The molecule has 0 bridgehead atoms. The summed E-state index contributed by atoms with van der Waals surface area (Å²) in [6.45, 7) is 6.97. The number of nitrogens with one attached hydrogen (secondary N) is 1. The summed E-state index contributed by atoms with van der Waals surface area (Å²) in [6, 6.07) is 8.92. The lowest BCUT2D eigenvalue weighted by molar-refractivity contribution is 0.492. The molecule has 4 heteroatoms. The maximum Gasteiger partial charge on any atom is 0.150 e. The van der Waals surface area contributed by atoms with E-state index >= 15 is 0 Å². The lowest BCUT2D eigenvalue weighted by Crippen LogP contribution is -2.23. The van der Waals surface area contributed by atoms with E-state index < -0.39 is 9.84 Å². The highest BCUT2D eigenvalue weighted by atomic mass is 32.2. The molecule has 1 N–H and O–H groups in total. The van der Waals surface area contributed by atoms with Gasteiger partial charge < -0.3 is 5.32 Å². The minimum absolute atomic E-state index is 0.241. The predicted molar refractivity (Wildman–Crippen MR) is 90.4 cm³/mol. The largest absolute Gasteiger partial charge is 0.310 e. The fraction of sp³-hybridized carbons (Fsp3) is 0.647. The molecule has 1 aromatic carbocycles. The standard InChI is InChI=1S/C17H29NO2S/c1-4-13-18-17(8-7-14-21(19,20)6-3)16-11-9-15(5-2)10-12-16/h9-12,17-18H,4-8,13-14H2,1-3H3. The van der Waals surface area contributed by atoms with Gasteiger partial charge in [0.15, 0.2) is 0 Å². The first-order chi connectivity index (χ1) is 10.0. The minimum Gasteiger partial charge on any atom is -0.310 e. The Balaban J connectivity index is 2.66. The van der Waals surface area contributed by atoms with Crippen molar-refractivity contribution in [3.8, 4) is 0 Å². The maximum atomic E-state index is 11.6. The Morgan fingerprint density at radius 2 is 1.76 bits per heavy atom. The minimum atomic E-state index is -2.86. The fourth-order valence-electron chi connectivity index (χ4n) is 2.34. The summed E-state index contributed by atoms with van der Waals surface area (Å²) in [5.41, 5.74) is 2.59. The molecule has 3 nitrogen and oxygen atoms in total. The quantitative estimate of drug-likeness (QED) is 0.719. The van der Waals surface area contributed by atoms with Crippen molar-refractivity contribution in [1.82, 2.24) is 5.32 Å². The van der Waals surface area contributed by atoms with Gasteiger partial charge in [0.25, 0.3) is 0 Å². The normalized spacial score (nSPS) is 13.3. The molecular formula is C17H29NO2S. The molecule has 1 atom stereocenters. The summed E-state index contributed by atoms with van der Waals surface area (Å²) in [5.74, 6) is 0.534. The Morgan fingerprint density at radius 1 is 1.10 bits per heavy atom. The first-order valence-electron chi connectivity index (χ1n) is 8.05. The molecule has 0 aliphatic rings. The zero-order valence-electron chi connectivity index (χ0n) is 13.6. The average molecular weight is 311 g/mol. The van der Waals surface area contributed by atoms with Crippen LogP contribution < -0.4 is 5.32 Å². The van der Waals surface area contributed by atoms with Crippen molar-refractivity contribution in [3.05, 3.63) is 35.4 Å². The van der Waals surface area contributed by atoms with Crippen molar-refractivity contribution in [2.45, 2.75) is 52.5 Å². The van der Waals surface area contributed by atoms with E-state index in [4.69, 9.17) is 0 Å². The van der Waals surface area contributed by atoms with Gasteiger partial charge in [0, 0.05) is 11.8 Å². The summed E-state index contributed by atoms with van der Waals surface area (Å²) in [7, 11) is -2.86. The molecule has 0 aromatic heterocycles. The van der Waals surface area contributed by atoms with Crippen LogP contribution in [0.4, 0.5) is 0 Å². The van der Waals surface area contributed by atoms with Crippen molar-refractivity contribution in [2.75, 3.05) is 18.1 Å². The molecule has 0 saturated carbocycles. The second kappa shape index (κ2) is 9.21. The summed E-state index contributed by atoms with van der Waals surface area (Å²) < 4.78 is 23.2. The molecular weight excluding hydrogens is 282 g/mol. The van der Waals surface area contributed by atoms with Crippen LogP contribution in [-0.4, -0.2) is 26.5 Å². The molecule has 0 saturated heterocycles. The van der Waals surface area contributed by atoms with Gasteiger partial charge in [-0.15, -0.1) is 0 Å². The van der Waals surface area contributed by atoms with Crippen LogP contribution >= 0.6 is 0 Å². The Hall–Kier alpha value is -0.870. The molecule has 0 fully saturated rings. The van der Waals surface area contributed by atoms with Crippen molar-refractivity contribution < 1.29 is 8.42 Å². The third-order valence-corrected chi connectivity index (χ3v) is 5.61. The van der Waals surface area contributed by atoms with Crippen LogP contribution in [0.3, 0.4) is 0 Å². The number of aryl methyl sites for hydroxylation is 1. The molecule has 0 spiro atoms. The van der Waals surface area contributed by atoms with E-state index in [9.17, 15) is 8.42 Å². The van der Waals surface area contributed by atoms with E-state index in [1.165, 1.54) is 11.1 Å². The van der Waals surface area contributed by atoms with Crippen molar-refractivity contribution in [3.63, 3.8) is 0 Å². The van der Waals surface area contributed by atoms with Gasteiger partial charge in [-0.2, -0.15) is 0 Å². The highest BCUT2D eigenvalue weighted by Crippen LogP contribution is 2.20. The molecule has 120 valence electrons. The van der Waals surface area contributed by atoms with Gasteiger partial charge in [-0.3, -0.25) is 0 Å². The predicted octanol–water partition coefficient (Wildman–Crippen LogP) is 3.50. The van der Waals surface area contributed by atoms with Gasteiger partial charge in [-0.25, -0.2) is 8.42 Å². The van der Waals surface area contributed by atoms with E-state index in [0.29, 0.717) is 12.2 Å². The van der Waals surface area contributed by atoms with Gasteiger partial charge >= 0.3 is 0 Å². The molecule has 1 aromatic rings. The van der Waals surface area contributed by atoms with E-state index in [2.05, 4.69) is 43.4 Å². The van der Waals surface area contributed by atoms with Gasteiger partial charge in [0.05, 0.1) is 5.75 Å². The smallest absolute Gasteiger partial charge is 0.150 e. The third kappa shape index (κ3) is 6.62. The monoisotopic (exact) mass is 311 g/mol. The summed E-state index contributed by atoms with van der Waals surface area (Å²) in [5, 5.41) is 3.53. The lowest BCUT2D eigenvalue weighted by atomic mass is 10.00. The molecule has 0 heterocycles. The molecule has 0 radical (unpaired) electrons. The van der Waals surface area contributed by atoms with Crippen LogP contribution in [0.5, 0.6) is 0 Å². The summed E-state index contributed by atoms with van der Waals surface area (Å²) >= 11 is 0. The van der Waals surface area contributed by atoms with E-state index in [1.807, 2.05) is 0 Å². The fourth-order valence-corrected chi connectivity index (χ4v) is 3.24. The molecule has 0 aliphatic carbocycles. The number of benzene rings is 1. The van der Waals surface area contributed by atoms with Crippen LogP contribution in [-0.2, 0) is 16.3 Å². The Labute approximate surface area is 130 Å². The van der Waals surface area contributed by atoms with Crippen molar-refractivity contribution in [2.24, 2.45) is 0 Å². The summed E-state index contributed by atoms with van der Waals surface area (Å²) in [4.78, 5) is 0. The molecule has 0 amide bonds. The second-order valence-corrected chi connectivity index (χ2v) is 7.95. The van der Waals surface area contributed by atoms with Gasteiger partial charge in [-0.05, 0) is 43.4 Å². The number of hydrogen-bond donors (Lipinski definition) is 1. The first-order valence-corrected chi connectivity index (χ1v) is 9.87. The Morgan fingerprint density at radius 3 is 2.29 bits per heavy atom. The van der Waals surface area contributed by atoms with Crippen molar-refractivity contribution in [1.29, 1.82) is 0 Å². The van der Waals surface area contributed by atoms with Gasteiger partial charge in [0.1, 0.15) is 9.84 Å². The third-order valence-electron chi connectivity index (χ3n) is 3.82. The van der Waals surface area contributed by atoms with Gasteiger partial charge in [0.2, 0.25) is 0 Å². The van der Waals surface area contributed by atoms with Gasteiger partial charge in [-0.1, -0.05) is 45.0 Å². The van der Waals surface area contributed by atoms with Crippen LogP contribution in [0.1, 0.15) is 57.2 Å². The Bertz CT molecular complexity index is 494. The maximum absolute atomic E-state index is 11.6. The molecule has 1 unspecified atom stereocenters. The second-order valence-electron chi connectivity index (χ2n) is 5.48. The zero-order valence-corrected chi connectivity index (χ0v) is 14.4. The summed E-state index contributed by atoms with van der Waals surface area (Å²) in [6.07, 6.45) is 3.71. The highest BCUT2D eigenvalue weighted by molar-refractivity contribution is 7.91. The lowest BCUT2D eigenvalue weighted by Gasteiger charge is -2.19. The Kier molecular flexibility index (Phi) is 7.97. The average Bonchev–Trinajstić information content (AvgIpc) is 2.50. The van der Waals surface area contributed by atoms with E-state index in [1.54, 1.807) is 6.92 Å². The number of rotatable bonds is 10. The van der Waals surface area contributed by atoms with Crippen LogP contribution in [0.2, 0.25) is 0 Å². The van der Waals surface area contributed by atoms with Crippen LogP contribution in [0, 0.1) is 0 Å². The van der Waals surface area contributed by atoms with Crippen LogP contribution in [0.25, 0.3) is 0 Å². The topological polar surface area (TPSA) is 46.2 Å². The first kappa shape index (κ1) is 18.2. The molecule has 0 aliphatic heterocycles. The molecule has 1 rings (SSSR count). The number of sulfone groups is 1. The van der Waals surface area contributed by atoms with E-state index in [-0.39, 0.29) is 11.8 Å². The number of hydrogen-bond acceptors (Lipinski definition) is 3.